The van der Waals surface area contributed by atoms with Gasteiger partial charge in [-0.25, -0.2) is 4.39 Å². The van der Waals surface area contributed by atoms with Gasteiger partial charge < -0.3 is 15.7 Å². The van der Waals surface area contributed by atoms with E-state index in [1.165, 1.54) is 12.1 Å². The maximum Gasteiger partial charge on any atom is 0.241 e. The van der Waals surface area contributed by atoms with Gasteiger partial charge in [0, 0.05) is 12.2 Å². The molecule has 0 bridgehead atoms. The normalized spacial score (nSPS) is 22.4. The first-order valence-corrected chi connectivity index (χ1v) is 6.03. The Bertz CT molecular complexity index is 447. The van der Waals surface area contributed by atoms with E-state index in [4.69, 9.17) is 0 Å². The Morgan fingerprint density at radius 3 is 2.83 bits per heavy atom. The van der Waals surface area contributed by atoms with Crippen molar-refractivity contribution in [2.45, 2.75) is 18.6 Å². The number of carbonyl (C=O) groups excluding carboxylic acids is 1. The topological polar surface area (TPSA) is 61.4 Å². The van der Waals surface area contributed by atoms with E-state index in [1.807, 2.05) is 0 Å². The maximum absolute atomic E-state index is 13.2. The predicted molar refractivity (Wildman–Crippen MR) is 72.4 cm³/mol. The molecule has 2 unspecified atom stereocenters. The van der Waals surface area contributed by atoms with Crippen molar-refractivity contribution in [3.8, 4) is 0 Å². The molecule has 1 saturated heterocycles. The van der Waals surface area contributed by atoms with Gasteiger partial charge in [-0.3, -0.25) is 4.79 Å². The summed E-state index contributed by atoms with van der Waals surface area (Å²) in [4.78, 5) is 11.7. The van der Waals surface area contributed by atoms with Gasteiger partial charge in [-0.2, -0.15) is 0 Å². The number of β-amino-alcohol motifs (C(OH)–C–C–N with tert-alkyl or cyclic N) is 1. The molecule has 7 heteroatoms. The second-order valence-electron chi connectivity index (χ2n) is 3.97. The van der Waals surface area contributed by atoms with Gasteiger partial charge in [-0.05, 0) is 40.5 Å². The van der Waals surface area contributed by atoms with E-state index in [9.17, 15) is 14.3 Å². The highest BCUT2D eigenvalue weighted by Gasteiger charge is 2.27. The number of hydrogen-bond acceptors (Lipinski definition) is 3. The Kier molecular flexibility index (Phi) is 5.52. The average Bonchev–Trinajstić information content (AvgIpc) is 2.70. The van der Waals surface area contributed by atoms with E-state index in [1.54, 1.807) is 6.07 Å². The Morgan fingerprint density at radius 2 is 2.28 bits per heavy atom. The summed E-state index contributed by atoms with van der Waals surface area (Å²) >= 11 is 3.04. The molecule has 1 aromatic carbocycles. The van der Waals surface area contributed by atoms with E-state index >= 15 is 0 Å². The van der Waals surface area contributed by atoms with Crippen molar-refractivity contribution < 1.29 is 14.3 Å². The zero-order valence-corrected chi connectivity index (χ0v) is 11.7. The summed E-state index contributed by atoms with van der Waals surface area (Å²) in [5, 5.41) is 14.8. The van der Waals surface area contributed by atoms with E-state index in [2.05, 4.69) is 26.6 Å². The zero-order chi connectivity index (χ0) is 12.4. The van der Waals surface area contributed by atoms with Crippen LogP contribution in [0.2, 0.25) is 0 Å². The molecule has 0 aliphatic carbocycles. The number of amides is 1. The SMILES string of the molecule is Cl.O=C(Nc1ccc(Br)c(F)c1)C1CC(O)CN1. The van der Waals surface area contributed by atoms with Crippen molar-refractivity contribution in [1.29, 1.82) is 0 Å². The highest BCUT2D eigenvalue weighted by molar-refractivity contribution is 9.10. The summed E-state index contributed by atoms with van der Waals surface area (Å²) in [6.07, 6.45) is -0.113. The fraction of sp³-hybridized carbons (Fsp3) is 0.364. The van der Waals surface area contributed by atoms with Crippen LogP contribution in [0.15, 0.2) is 22.7 Å². The number of nitrogens with one attached hydrogen (secondary N) is 2. The first-order valence-electron chi connectivity index (χ1n) is 5.23. The maximum atomic E-state index is 13.2. The van der Waals surface area contributed by atoms with Crippen LogP contribution in [0.5, 0.6) is 0 Å². The molecule has 0 spiro atoms. The van der Waals surface area contributed by atoms with Gasteiger partial charge in [0.2, 0.25) is 5.91 Å². The second-order valence-corrected chi connectivity index (χ2v) is 4.82. The highest BCUT2D eigenvalue weighted by atomic mass is 79.9. The van der Waals surface area contributed by atoms with E-state index < -0.39 is 18.0 Å². The summed E-state index contributed by atoms with van der Waals surface area (Å²) < 4.78 is 13.6. The molecule has 4 nitrogen and oxygen atoms in total. The molecule has 0 saturated carbocycles. The Hall–Kier alpha value is -0.690. The molecule has 2 rings (SSSR count). The van der Waals surface area contributed by atoms with Crippen molar-refractivity contribution >= 4 is 39.9 Å². The third kappa shape index (κ3) is 3.65. The smallest absolute Gasteiger partial charge is 0.241 e. The number of hydrogen-bond donors (Lipinski definition) is 3. The summed E-state index contributed by atoms with van der Waals surface area (Å²) in [5.41, 5.74) is 0.402. The minimum absolute atomic E-state index is 0. The number of benzene rings is 1. The lowest BCUT2D eigenvalue weighted by Crippen LogP contribution is -2.35. The molecule has 1 fully saturated rings. The molecule has 1 aliphatic heterocycles. The van der Waals surface area contributed by atoms with Gasteiger partial charge in [0.1, 0.15) is 5.82 Å². The van der Waals surface area contributed by atoms with Crippen molar-refractivity contribution in [2.24, 2.45) is 0 Å². The third-order valence-electron chi connectivity index (χ3n) is 2.61. The monoisotopic (exact) mass is 338 g/mol. The van der Waals surface area contributed by atoms with Gasteiger partial charge in [-0.1, -0.05) is 0 Å². The minimum atomic E-state index is -0.493. The lowest BCUT2D eigenvalue weighted by atomic mass is 10.2. The van der Waals surface area contributed by atoms with Crippen LogP contribution in [0.25, 0.3) is 0 Å². The van der Waals surface area contributed by atoms with Gasteiger partial charge >= 0.3 is 0 Å². The van der Waals surface area contributed by atoms with Crippen LogP contribution in [-0.2, 0) is 4.79 Å². The Morgan fingerprint density at radius 1 is 1.56 bits per heavy atom. The van der Waals surface area contributed by atoms with Crippen LogP contribution < -0.4 is 10.6 Å². The van der Waals surface area contributed by atoms with Gasteiger partial charge in [0.15, 0.2) is 0 Å². The number of halogens is 3. The van der Waals surface area contributed by atoms with Crippen LogP contribution in [0.3, 0.4) is 0 Å². The molecule has 1 heterocycles. The number of aliphatic hydroxyl groups is 1. The van der Waals surface area contributed by atoms with Crippen LogP contribution in [0, 0.1) is 5.82 Å². The highest BCUT2D eigenvalue weighted by Crippen LogP contribution is 2.20. The van der Waals surface area contributed by atoms with Crippen molar-refractivity contribution in [3.63, 3.8) is 0 Å². The van der Waals surface area contributed by atoms with Gasteiger partial charge in [0.05, 0.1) is 16.6 Å². The van der Waals surface area contributed by atoms with Crippen LogP contribution >= 0.6 is 28.3 Å². The molecular formula is C11H13BrClFN2O2. The molecular weight excluding hydrogens is 326 g/mol. The van der Waals surface area contributed by atoms with Crippen molar-refractivity contribution in [3.05, 3.63) is 28.5 Å². The van der Waals surface area contributed by atoms with Crippen LogP contribution in [-0.4, -0.2) is 29.7 Å². The van der Waals surface area contributed by atoms with Crippen LogP contribution in [0.1, 0.15) is 6.42 Å². The molecule has 1 aromatic rings. The molecule has 2 atom stereocenters. The molecule has 3 N–H and O–H groups in total. The quantitative estimate of drug-likeness (QED) is 0.768. The molecule has 0 radical (unpaired) electrons. The zero-order valence-electron chi connectivity index (χ0n) is 9.32. The standard InChI is InChI=1S/C11H12BrFN2O2.ClH/c12-8-2-1-6(3-9(8)13)15-11(17)10-4-7(16)5-14-10;/h1-3,7,10,14,16H,4-5H2,(H,15,17);1H. The fourth-order valence-corrected chi connectivity index (χ4v) is 1.97. The first kappa shape index (κ1) is 15.4. The summed E-state index contributed by atoms with van der Waals surface area (Å²) in [6, 6.07) is 3.96. The van der Waals surface area contributed by atoms with E-state index in [0.29, 0.717) is 23.1 Å². The molecule has 18 heavy (non-hydrogen) atoms. The lowest BCUT2D eigenvalue weighted by molar-refractivity contribution is -0.117. The lowest BCUT2D eigenvalue weighted by Gasteiger charge is -2.11. The van der Waals surface area contributed by atoms with Crippen molar-refractivity contribution in [1.82, 2.24) is 5.32 Å². The second kappa shape index (κ2) is 6.47. The predicted octanol–water partition coefficient (Wildman–Crippen LogP) is 1.67. The summed E-state index contributed by atoms with van der Waals surface area (Å²) in [6.45, 7) is 0.410. The Balaban J connectivity index is 0.00000162. The number of anilines is 1. The molecule has 0 aromatic heterocycles. The Labute approximate surface area is 118 Å². The number of rotatable bonds is 2. The minimum Gasteiger partial charge on any atom is -0.392 e. The summed E-state index contributed by atoms with van der Waals surface area (Å²) in [7, 11) is 0. The fourth-order valence-electron chi connectivity index (χ4n) is 1.72. The molecule has 1 amide bonds. The number of carbonyl (C=O) groups is 1. The van der Waals surface area contributed by atoms with E-state index in [0.717, 1.165) is 0 Å². The number of aliphatic hydroxyl groups excluding tert-OH is 1. The first-order chi connectivity index (χ1) is 8.06. The summed E-state index contributed by atoms with van der Waals surface area (Å²) in [5.74, 6) is -0.689. The largest absolute Gasteiger partial charge is 0.392 e. The van der Waals surface area contributed by atoms with Crippen molar-refractivity contribution in [2.75, 3.05) is 11.9 Å². The van der Waals surface area contributed by atoms with E-state index in [-0.39, 0.29) is 18.3 Å². The van der Waals surface area contributed by atoms with Gasteiger partial charge in [-0.15, -0.1) is 12.4 Å². The van der Waals surface area contributed by atoms with Gasteiger partial charge in [0.25, 0.3) is 0 Å². The average molecular weight is 340 g/mol. The van der Waals surface area contributed by atoms with Crippen LogP contribution in [0.4, 0.5) is 10.1 Å². The molecule has 100 valence electrons. The molecule has 1 aliphatic rings. The third-order valence-corrected chi connectivity index (χ3v) is 3.25.